The summed E-state index contributed by atoms with van der Waals surface area (Å²) in [5.74, 6) is 0.157. The molecule has 0 aliphatic carbocycles. The number of carbonyl (C=O) groups excluding carboxylic acids is 2. The zero-order chi connectivity index (χ0) is 9.42. The number of nitrogens with one attached hydrogen (secondary N) is 1. The molecule has 0 bridgehead atoms. The first-order chi connectivity index (χ1) is 6.18. The van der Waals surface area contributed by atoms with Crippen LogP contribution in [0, 0.1) is 0 Å². The lowest BCUT2D eigenvalue weighted by Gasteiger charge is -2.40. The number of hydrogen-bond acceptors (Lipinski definition) is 2. The first-order valence-electron chi connectivity index (χ1n) is 4.78. The van der Waals surface area contributed by atoms with Crippen LogP contribution >= 0.6 is 0 Å². The molecule has 2 fully saturated rings. The molecule has 0 saturated carbocycles. The van der Waals surface area contributed by atoms with Gasteiger partial charge in [-0.3, -0.25) is 9.59 Å². The van der Waals surface area contributed by atoms with Gasteiger partial charge in [0, 0.05) is 19.0 Å². The molecule has 2 amide bonds. The molecule has 2 atom stereocenters. The summed E-state index contributed by atoms with van der Waals surface area (Å²) in [4.78, 5) is 24.7. The monoisotopic (exact) mass is 182 g/mol. The van der Waals surface area contributed by atoms with E-state index in [1.165, 1.54) is 0 Å². The normalized spacial score (nSPS) is 34.1. The van der Waals surface area contributed by atoms with E-state index >= 15 is 0 Å². The lowest BCUT2D eigenvalue weighted by atomic mass is 9.97. The maximum Gasteiger partial charge on any atom is 0.243 e. The lowest BCUT2D eigenvalue weighted by Crippen LogP contribution is -2.62. The van der Waals surface area contributed by atoms with Crippen molar-refractivity contribution in [3.05, 3.63) is 0 Å². The van der Waals surface area contributed by atoms with E-state index in [0.29, 0.717) is 13.0 Å². The van der Waals surface area contributed by atoms with Crippen molar-refractivity contribution in [1.29, 1.82) is 0 Å². The molecule has 4 heteroatoms. The van der Waals surface area contributed by atoms with Gasteiger partial charge in [-0.05, 0) is 19.8 Å². The number of piperidine rings is 1. The largest absolute Gasteiger partial charge is 0.350 e. The fourth-order valence-corrected chi connectivity index (χ4v) is 2.10. The summed E-state index contributed by atoms with van der Waals surface area (Å²) in [5.41, 5.74) is 0. The van der Waals surface area contributed by atoms with Gasteiger partial charge in [0.15, 0.2) is 0 Å². The highest BCUT2D eigenvalue weighted by molar-refractivity contribution is 5.90. The Morgan fingerprint density at radius 3 is 3.00 bits per heavy atom. The summed E-state index contributed by atoms with van der Waals surface area (Å²) in [6.45, 7) is 2.60. The van der Waals surface area contributed by atoms with E-state index in [1.54, 1.807) is 4.90 Å². The average molecular weight is 182 g/mol. The number of nitrogens with zero attached hydrogens (tertiary/aromatic N) is 1. The molecule has 2 saturated heterocycles. The standard InChI is InChI=1S/C9H14N2O2/c1-6-5-11-7(9(13)10-6)3-2-4-8(11)12/h6-7H,2-5H2,1H3,(H,10,13)/t6-,7+/m1/s1. The number of rotatable bonds is 0. The van der Waals surface area contributed by atoms with Crippen LogP contribution in [-0.4, -0.2) is 35.3 Å². The lowest BCUT2D eigenvalue weighted by molar-refractivity contribution is -0.147. The Labute approximate surface area is 77.3 Å². The second-order valence-corrected chi connectivity index (χ2v) is 3.86. The van der Waals surface area contributed by atoms with Gasteiger partial charge >= 0.3 is 0 Å². The van der Waals surface area contributed by atoms with E-state index in [4.69, 9.17) is 0 Å². The van der Waals surface area contributed by atoms with Crippen molar-refractivity contribution in [2.75, 3.05) is 6.54 Å². The summed E-state index contributed by atoms with van der Waals surface area (Å²) in [7, 11) is 0. The van der Waals surface area contributed by atoms with Gasteiger partial charge in [-0.2, -0.15) is 0 Å². The Morgan fingerprint density at radius 1 is 1.46 bits per heavy atom. The molecule has 2 rings (SSSR count). The maximum absolute atomic E-state index is 11.5. The van der Waals surface area contributed by atoms with Crippen LogP contribution in [0.2, 0.25) is 0 Å². The van der Waals surface area contributed by atoms with Crippen LogP contribution < -0.4 is 5.32 Å². The van der Waals surface area contributed by atoms with Gasteiger partial charge in [-0.1, -0.05) is 0 Å². The van der Waals surface area contributed by atoms with Gasteiger partial charge in [-0.15, -0.1) is 0 Å². The van der Waals surface area contributed by atoms with Crippen molar-refractivity contribution in [2.45, 2.75) is 38.3 Å². The third-order valence-corrected chi connectivity index (χ3v) is 2.73. The molecule has 2 heterocycles. The third-order valence-electron chi connectivity index (χ3n) is 2.73. The number of piperazine rings is 1. The van der Waals surface area contributed by atoms with Gasteiger partial charge in [0.25, 0.3) is 0 Å². The van der Waals surface area contributed by atoms with E-state index < -0.39 is 0 Å². The van der Waals surface area contributed by atoms with Crippen molar-refractivity contribution in [2.24, 2.45) is 0 Å². The smallest absolute Gasteiger partial charge is 0.243 e. The molecule has 0 spiro atoms. The molecule has 4 nitrogen and oxygen atoms in total. The average Bonchev–Trinajstić information content (AvgIpc) is 2.07. The molecular weight excluding hydrogens is 168 g/mol. The molecule has 0 aromatic carbocycles. The third kappa shape index (κ3) is 1.41. The van der Waals surface area contributed by atoms with Gasteiger partial charge in [0.1, 0.15) is 6.04 Å². The minimum atomic E-state index is -0.183. The van der Waals surface area contributed by atoms with E-state index in [9.17, 15) is 9.59 Å². The van der Waals surface area contributed by atoms with Crippen molar-refractivity contribution in [1.82, 2.24) is 10.2 Å². The van der Waals surface area contributed by atoms with E-state index in [-0.39, 0.29) is 23.9 Å². The summed E-state index contributed by atoms with van der Waals surface area (Å²) < 4.78 is 0. The molecule has 0 aromatic rings. The Hall–Kier alpha value is -1.06. The summed E-state index contributed by atoms with van der Waals surface area (Å²) in [5, 5.41) is 2.87. The summed E-state index contributed by atoms with van der Waals surface area (Å²) >= 11 is 0. The maximum atomic E-state index is 11.5. The Bertz CT molecular complexity index is 252. The number of hydrogen-bond donors (Lipinski definition) is 1. The SMILES string of the molecule is C[C@@H]1CN2C(=O)CCC[C@H]2C(=O)N1. The summed E-state index contributed by atoms with van der Waals surface area (Å²) in [6.07, 6.45) is 2.28. The minimum Gasteiger partial charge on any atom is -0.350 e. The van der Waals surface area contributed by atoms with E-state index in [2.05, 4.69) is 5.32 Å². The molecule has 0 radical (unpaired) electrons. The van der Waals surface area contributed by atoms with Crippen molar-refractivity contribution >= 4 is 11.8 Å². The van der Waals surface area contributed by atoms with Crippen LogP contribution in [0.15, 0.2) is 0 Å². The van der Waals surface area contributed by atoms with E-state index in [1.807, 2.05) is 6.92 Å². The zero-order valence-electron chi connectivity index (χ0n) is 7.75. The molecule has 0 unspecified atom stereocenters. The first kappa shape index (κ1) is 8.53. The predicted molar refractivity (Wildman–Crippen MR) is 47.0 cm³/mol. The van der Waals surface area contributed by atoms with Crippen LogP contribution in [0.5, 0.6) is 0 Å². The molecule has 1 N–H and O–H groups in total. The fourth-order valence-electron chi connectivity index (χ4n) is 2.10. The Balaban J connectivity index is 2.17. The molecule has 2 aliphatic rings. The second-order valence-electron chi connectivity index (χ2n) is 3.86. The van der Waals surface area contributed by atoms with Crippen LogP contribution in [0.25, 0.3) is 0 Å². The zero-order valence-corrected chi connectivity index (χ0v) is 7.75. The highest BCUT2D eigenvalue weighted by Crippen LogP contribution is 2.21. The van der Waals surface area contributed by atoms with E-state index in [0.717, 1.165) is 12.8 Å². The van der Waals surface area contributed by atoms with Crippen LogP contribution in [0.1, 0.15) is 26.2 Å². The number of carbonyl (C=O) groups is 2. The highest BCUT2D eigenvalue weighted by Gasteiger charge is 2.37. The van der Waals surface area contributed by atoms with Gasteiger partial charge < -0.3 is 10.2 Å². The Kier molecular flexibility index (Phi) is 1.98. The minimum absolute atomic E-state index is 0.0202. The first-order valence-corrected chi connectivity index (χ1v) is 4.78. The molecule has 72 valence electrons. The second kappa shape index (κ2) is 3.01. The molecule has 2 aliphatic heterocycles. The van der Waals surface area contributed by atoms with Gasteiger partial charge in [0.2, 0.25) is 11.8 Å². The van der Waals surface area contributed by atoms with Crippen LogP contribution in [-0.2, 0) is 9.59 Å². The van der Waals surface area contributed by atoms with Crippen molar-refractivity contribution in [3.63, 3.8) is 0 Å². The Morgan fingerprint density at radius 2 is 2.23 bits per heavy atom. The molecule has 0 aromatic heterocycles. The quantitative estimate of drug-likeness (QED) is 0.568. The highest BCUT2D eigenvalue weighted by atomic mass is 16.2. The topological polar surface area (TPSA) is 49.4 Å². The predicted octanol–water partition coefficient (Wildman–Crippen LogP) is -0.114. The van der Waals surface area contributed by atoms with Crippen molar-refractivity contribution in [3.8, 4) is 0 Å². The van der Waals surface area contributed by atoms with Crippen LogP contribution in [0.3, 0.4) is 0 Å². The van der Waals surface area contributed by atoms with Crippen LogP contribution in [0.4, 0.5) is 0 Å². The number of amides is 2. The fraction of sp³-hybridized carbons (Fsp3) is 0.778. The number of fused-ring (bicyclic) bond motifs is 1. The molecule has 13 heavy (non-hydrogen) atoms. The van der Waals surface area contributed by atoms with Crippen molar-refractivity contribution < 1.29 is 9.59 Å². The van der Waals surface area contributed by atoms with Gasteiger partial charge in [0.05, 0.1) is 0 Å². The van der Waals surface area contributed by atoms with Gasteiger partial charge in [-0.25, -0.2) is 0 Å². The summed E-state index contributed by atoms with van der Waals surface area (Å²) in [6, 6.07) is -0.0803. The molecular formula is C9H14N2O2.